The maximum atomic E-state index is 11.9. The van der Waals surface area contributed by atoms with Gasteiger partial charge in [0.2, 0.25) is 5.91 Å². The highest BCUT2D eigenvalue weighted by Gasteiger charge is 2.17. The predicted octanol–water partition coefficient (Wildman–Crippen LogP) is 2.85. The van der Waals surface area contributed by atoms with Crippen molar-refractivity contribution < 1.29 is 14.7 Å². The summed E-state index contributed by atoms with van der Waals surface area (Å²) < 4.78 is 0. The van der Waals surface area contributed by atoms with Crippen LogP contribution in [0, 0.1) is 0 Å². The first-order valence-electron chi connectivity index (χ1n) is 6.94. The Hall–Kier alpha value is -1.59. The van der Waals surface area contributed by atoms with Crippen LogP contribution < -0.4 is 5.32 Å². The largest absolute Gasteiger partial charge is 0.480 e. The molecule has 0 fully saturated rings. The Morgan fingerprint density at radius 2 is 2.05 bits per heavy atom. The van der Waals surface area contributed by atoms with E-state index in [1.165, 1.54) is 0 Å². The highest BCUT2D eigenvalue weighted by Crippen LogP contribution is 2.20. The van der Waals surface area contributed by atoms with Crippen molar-refractivity contribution in [2.75, 3.05) is 18.4 Å². The van der Waals surface area contributed by atoms with Gasteiger partial charge in [-0.25, -0.2) is 0 Å². The minimum atomic E-state index is -0.887. The van der Waals surface area contributed by atoms with Gasteiger partial charge in [0, 0.05) is 19.0 Å². The fourth-order valence-corrected chi connectivity index (χ4v) is 2.09. The van der Waals surface area contributed by atoms with Gasteiger partial charge in [-0.3, -0.25) is 14.5 Å². The molecule has 1 atom stereocenters. The SMILES string of the molecule is CCC(C)N(CCC(=O)Nc1ccccc1Cl)CC(=O)O. The van der Waals surface area contributed by atoms with Crippen molar-refractivity contribution in [1.82, 2.24) is 4.90 Å². The van der Waals surface area contributed by atoms with Crippen LogP contribution >= 0.6 is 11.6 Å². The number of amides is 1. The molecule has 0 aliphatic carbocycles. The number of hydrogen-bond donors (Lipinski definition) is 2. The second-order valence-electron chi connectivity index (χ2n) is 4.90. The molecule has 1 aromatic carbocycles. The molecule has 0 spiro atoms. The van der Waals surface area contributed by atoms with E-state index in [2.05, 4.69) is 5.32 Å². The highest BCUT2D eigenvalue weighted by molar-refractivity contribution is 6.33. The zero-order valence-corrected chi connectivity index (χ0v) is 13.1. The Kier molecular flexibility index (Phi) is 7.19. The Labute approximate surface area is 129 Å². The number of halogens is 1. The number of nitrogens with zero attached hydrogens (tertiary/aromatic N) is 1. The lowest BCUT2D eigenvalue weighted by molar-refractivity contribution is -0.139. The molecule has 116 valence electrons. The first kappa shape index (κ1) is 17.5. The van der Waals surface area contributed by atoms with Crippen LogP contribution in [0.15, 0.2) is 24.3 Å². The molecule has 5 nitrogen and oxygen atoms in total. The average Bonchev–Trinajstić information content (AvgIpc) is 2.44. The molecule has 0 bridgehead atoms. The summed E-state index contributed by atoms with van der Waals surface area (Å²) in [5, 5.41) is 12.1. The van der Waals surface area contributed by atoms with E-state index in [0.29, 0.717) is 17.3 Å². The number of hydrogen-bond acceptors (Lipinski definition) is 3. The quantitative estimate of drug-likeness (QED) is 0.774. The number of nitrogens with one attached hydrogen (secondary N) is 1. The topological polar surface area (TPSA) is 69.6 Å². The Morgan fingerprint density at radius 3 is 2.62 bits per heavy atom. The summed E-state index contributed by atoms with van der Waals surface area (Å²) in [6.45, 7) is 4.28. The second-order valence-corrected chi connectivity index (χ2v) is 5.31. The normalized spacial score (nSPS) is 12.2. The molecule has 1 unspecified atom stereocenters. The minimum Gasteiger partial charge on any atom is -0.480 e. The lowest BCUT2D eigenvalue weighted by Crippen LogP contribution is -2.39. The van der Waals surface area contributed by atoms with Gasteiger partial charge in [-0.1, -0.05) is 30.7 Å². The third-order valence-corrected chi connectivity index (χ3v) is 3.66. The van der Waals surface area contributed by atoms with Gasteiger partial charge in [0.1, 0.15) is 0 Å². The van der Waals surface area contributed by atoms with Crippen LogP contribution in [0.2, 0.25) is 5.02 Å². The van der Waals surface area contributed by atoms with Crippen LogP contribution in [-0.2, 0) is 9.59 Å². The molecule has 1 aromatic rings. The van der Waals surface area contributed by atoms with E-state index in [4.69, 9.17) is 16.7 Å². The average molecular weight is 313 g/mol. The van der Waals surface area contributed by atoms with Crippen LogP contribution in [-0.4, -0.2) is 41.0 Å². The summed E-state index contributed by atoms with van der Waals surface area (Å²) in [6.07, 6.45) is 1.06. The van der Waals surface area contributed by atoms with Gasteiger partial charge in [0.05, 0.1) is 17.3 Å². The third kappa shape index (κ3) is 6.14. The summed E-state index contributed by atoms with van der Waals surface area (Å²) >= 11 is 5.97. The summed E-state index contributed by atoms with van der Waals surface area (Å²) in [7, 11) is 0. The maximum Gasteiger partial charge on any atom is 0.317 e. The third-order valence-electron chi connectivity index (χ3n) is 3.33. The summed E-state index contributed by atoms with van der Waals surface area (Å²) in [6, 6.07) is 7.12. The minimum absolute atomic E-state index is 0.0611. The van der Waals surface area contributed by atoms with Gasteiger partial charge in [-0.05, 0) is 25.5 Å². The lowest BCUT2D eigenvalue weighted by atomic mass is 10.2. The number of aliphatic carboxylic acids is 1. The second kappa shape index (κ2) is 8.64. The molecule has 1 amide bonds. The number of anilines is 1. The molecule has 0 aliphatic heterocycles. The monoisotopic (exact) mass is 312 g/mol. The van der Waals surface area contributed by atoms with Gasteiger partial charge in [-0.2, -0.15) is 0 Å². The Morgan fingerprint density at radius 1 is 1.38 bits per heavy atom. The van der Waals surface area contributed by atoms with Crippen molar-refractivity contribution in [2.24, 2.45) is 0 Å². The highest BCUT2D eigenvalue weighted by atomic mass is 35.5. The number of rotatable bonds is 8. The predicted molar refractivity (Wildman–Crippen MR) is 83.7 cm³/mol. The standard InChI is InChI=1S/C15H21ClN2O3/c1-3-11(2)18(10-15(20)21)9-8-14(19)17-13-7-5-4-6-12(13)16/h4-7,11H,3,8-10H2,1-2H3,(H,17,19)(H,20,21). The van der Waals surface area contributed by atoms with E-state index >= 15 is 0 Å². The van der Waals surface area contributed by atoms with E-state index in [9.17, 15) is 9.59 Å². The number of carbonyl (C=O) groups is 2. The zero-order valence-electron chi connectivity index (χ0n) is 12.3. The molecule has 0 heterocycles. The van der Waals surface area contributed by atoms with Crippen molar-refractivity contribution in [3.8, 4) is 0 Å². The van der Waals surface area contributed by atoms with E-state index < -0.39 is 5.97 Å². The number of para-hydroxylation sites is 1. The molecule has 0 saturated carbocycles. The Bertz CT molecular complexity index is 494. The van der Waals surface area contributed by atoms with Gasteiger partial charge in [-0.15, -0.1) is 0 Å². The number of carboxylic acids is 1. The first-order chi connectivity index (χ1) is 9.93. The van der Waals surface area contributed by atoms with Crippen molar-refractivity contribution in [3.63, 3.8) is 0 Å². The van der Waals surface area contributed by atoms with E-state index in [1.807, 2.05) is 13.8 Å². The molecular formula is C15H21ClN2O3. The van der Waals surface area contributed by atoms with Crippen LogP contribution in [0.5, 0.6) is 0 Å². The van der Waals surface area contributed by atoms with Crippen molar-refractivity contribution in [2.45, 2.75) is 32.7 Å². The van der Waals surface area contributed by atoms with E-state index in [1.54, 1.807) is 29.2 Å². The molecule has 0 saturated heterocycles. The first-order valence-corrected chi connectivity index (χ1v) is 7.32. The van der Waals surface area contributed by atoms with E-state index in [0.717, 1.165) is 6.42 Å². The van der Waals surface area contributed by atoms with Crippen LogP contribution in [0.3, 0.4) is 0 Å². The molecule has 2 N–H and O–H groups in total. The van der Waals surface area contributed by atoms with Crippen molar-refractivity contribution in [1.29, 1.82) is 0 Å². The van der Waals surface area contributed by atoms with Crippen LogP contribution in [0.4, 0.5) is 5.69 Å². The fourth-order valence-electron chi connectivity index (χ4n) is 1.91. The van der Waals surface area contributed by atoms with E-state index in [-0.39, 0.29) is 24.9 Å². The smallest absolute Gasteiger partial charge is 0.317 e. The van der Waals surface area contributed by atoms with Gasteiger partial charge in [0.25, 0.3) is 0 Å². The number of benzene rings is 1. The van der Waals surface area contributed by atoms with Gasteiger partial charge < -0.3 is 10.4 Å². The van der Waals surface area contributed by atoms with Crippen molar-refractivity contribution in [3.05, 3.63) is 29.3 Å². The molecule has 6 heteroatoms. The Balaban J connectivity index is 2.53. The molecular weight excluding hydrogens is 292 g/mol. The molecule has 0 aromatic heterocycles. The number of carbonyl (C=O) groups excluding carboxylic acids is 1. The van der Waals surface area contributed by atoms with Crippen LogP contribution in [0.25, 0.3) is 0 Å². The molecule has 0 radical (unpaired) electrons. The summed E-state index contributed by atoms with van der Waals surface area (Å²) in [4.78, 5) is 24.6. The van der Waals surface area contributed by atoms with Crippen LogP contribution in [0.1, 0.15) is 26.7 Å². The maximum absolute atomic E-state index is 11.9. The zero-order chi connectivity index (χ0) is 15.8. The fraction of sp³-hybridized carbons (Fsp3) is 0.467. The molecule has 0 aliphatic rings. The summed E-state index contributed by atoms with van der Waals surface area (Å²) in [5.41, 5.74) is 0.567. The molecule has 1 rings (SSSR count). The van der Waals surface area contributed by atoms with Gasteiger partial charge in [0.15, 0.2) is 0 Å². The number of carboxylic acid groups (broad SMARTS) is 1. The van der Waals surface area contributed by atoms with Crippen molar-refractivity contribution >= 4 is 29.2 Å². The molecule has 21 heavy (non-hydrogen) atoms. The lowest BCUT2D eigenvalue weighted by Gasteiger charge is -2.26. The summed E-state index contributed by atoms with van der Waals surface area (Å²) in [5.74, 6) is -1.07. The van der Waals surface area contributed by atoms with Gasteiger partial charge >= 0.3 is 5.97 Å².